The molecule has 0 radical (unpaired) electrons. The molecule has 0 saturated carbocycles. The van der Waals surface area contributed by atoms with Crippen LogP contribution >= 0.6 is 11.3 Å². The van der Waals surface area contributed by atoms with Gasteiger partial charge in [-0.25, -0.2) is 9.78 Å². The van der Waals surface area contributed by atoms with Crippen molar-refractivity contribution in [2.75, 3.05) is 11.9 Å². The number of nitrogens with one attached hydrogen (secondary N) is 1. The van der Waals surface area contributed by atoms with Crippen molar-refractivity contribution in [1.82, 2.24) is 9.97 Å². The number of thiazole rings is 1. The highest BCUT2D eigenvalue weighted by molar-refractivity contribution is 7.22. The van der Waals surface area contributed by atoms with Crippen LogP contribution in [0, 0.1) is 10.1 Å². The van der Waals surface area contributed by atoms with Gasteiger partial charge in [0.15, 0.2) is 11.7 Å². The number of non-ortho nitro benzene ring substituents is 1. The summed E-state index contributed by atoms with van der Waals surface area (Å²) in [5.41, 5.74) is 0.759. The predicted octanol–water partition coefficient (Wildman–Crippen LogP) is 2.40. The van der Waals surface area contributed by atoms with Gasteiger partial charge in [-0.2, -0.15) is 0 Å². The molecule has 1 amide bonds. The van der Waals surface area contributed by atoms with E-state index in [1.807, 2.05) is 0 Å². The lowest BCUT2D eigenvalue weighted by Gasteiger charge is -2.04. The number of rotatable bonds is 5. The van der Waals surface area contributed by atoms with Crippen LogP contribution in [-0.4, -0.2) is 33.4 Å². The highest BCUT2D eigenvalue weighted by Gasteiger charge is 2.14. The van der Waals surface area contributed by atoms with Gasteiger partial charge in [0, 0.05) is 24.5 Å². The first-order valence-electron chi connectivity index (χ1n) is 6.95. The van der Waals surface area contributed by atoms with E-state index in [9.17, 15) is 19.7 Å². The molecule has 9 nitrogen and oxygen atoms in total. The number of ether oxygens (including phenoxy) is 1. The van der Waals surface area contributed by atoms with E-state index in [0.29, 0.717) is 10.2 Å². The monoisotopic (exact) mass is 358 g/mol. The van der Waals surface area contributed by atoms with Gasteiger partial charge in [-0.3, -0.25) is 25.2 Å². The maximum absolute atomic E-state index is 11.9. The summed E-state index contributed by atoms with van der Waals surface area (Å²) in [5.74, 6) is -1.20. The van der Waals surface area contributed by atoms with Crippen molar-refractivity contribution in [3.63, 3.8) is 0 Å². The van der Waals surface area contributed by atoms with E-state index in [1.54, 1.807) is 0 Å². The maximum atomic E-state index is 11.9. The van der Waals surface area contributed by atoms with Crippen molar-refractivity contribution >= 4 is 44.2 Å². The summed E-state index contributed by atoms with van der Waals surface area (Å²) in [7, 11) is 0. The molecule has 0 aliphatic carbocycles. The van der Waals surface area contributed by atoms with Crippen molar-refractivity contribution in [2.45, 2.75) is 0 Å². The molecule has 10 heteroatoms. The van der Waals surface area contributed by atoms with Crippen LogP contribution in [0.4, 0.5) is 10.8 Å². The first-order chi connectivity index (χ1) is 12.0. The van der Waals surface area contributed by atoms with Crippen LogP contribution in [0.1, 0.15) is 10.4 Å². The van der Waals surface area contributed by atoms with Gasteiger partial charge in [0.25, 0.3) is 11.6 Å². The molecule has 0 unspecified atom stereocenters. The smallest absolute Gasteiger partial charge is 0.338 e. The van der Waals surface area contributed by atoms with Crippen molar-refractivity contribution in [3.8, 4) is 0 Å². The summed E-state index contributed by atoms with van der Waals surface area (Å²) in [4.78, 5) is 41.8. The van der Waals surface area contributed by atoms with Crippen LogP contribution in [0.15, 0.2) is 42.7 Å². The number of benzene rings is 1. The summed E-state index contributed by atoms with van der Waals surface area (Å²) in [5, 5.41) is 13.5. The summed E-state index contributed by atoms with van der Waals surface area (Å²) < 4.78 is 5.46. The Morgan fingerprint density at radius 3 is 2.72 bits per heavy atom. The average Bonchev–Trinajstić information content (AvgIpc) is 3.01. The lowest BCUT2D eigenvalue weighted by Crippen LogP contribution is -2.20. The molecule has 126 valence electrons. The van der Waals surface area contributed by atoms with Crippen LogP contribution in [0.3, 0.4) is 0 Å². The summed E-state index contributed by atoms with van der Waals surface area (Å²) >= 11 is 1.09. The molecule has 0 aliphatic rings. The molecule has 0 fully saturated rings. The summed E-state index contributed by atoms with van der Waals surface area (Å²) in [6.07, 6.45) is 2.88. The van der Waals surface area contributed by atoms with Crippen LogP contribution in [0.2, 0.25) is 0 Å². The molecule has 2 heterocycles. The fraction of sp³-hybridized carbons (Fsp3) is 0.0667. The van der Waals surface area contributed by atoms with Crippen molar-refractivity contribution in [2.24, 2.45) is 0 Å². The number of nitro groups is 1. The number of hydrogen-bond donors (Lipinski definition) is 1. The molecule has 1 N–H and O–H groups in total. The lowest BCUT2D eigenvalue weighted by atomic mass is 10.3. The van der Waals surface area contributed by atoms with Crippen molar-refractivity contribution in [3.05, 3.63) is 58.4 Å². The first kappa shape index (κ1) is 16.5. The molecule has 0 spiro atoms. The number of anilines is 1. The second kappa shape index (κ2) is 7.01. The summed E-state index contributed by atoms with van der Waals surface area (Å²) in [6, 6.07) is 7.17. The van der Waals surface area contributed by atoms with Crippen LogP contribution in [0.25, 0.3) is 10.2 Å². The maximum Gasteiger partial charge on any atom is 0.338 e. The van der Waals surface area contributed by atoms with Gasteiger partial charge >= 0.3 is 5.97 Å². The van der Waals surface area contributed by atoms with Crippen molar-refractivity contribution in [1.29, 1.82) is 0 Å². The minimum atomic E-state index is -0.641. The van der Waals surface area contributed by atoms with Crippen LogP contribution < -0.4 is 5.32 Å². The van der Waals surface area contributed by atoms with E-state index in [2.05, 4.69) is 15.3 Å². The van der Waals surface area contributed by atoms with Gasteiger partial charge in [0.05, 0.1) is 20.7 Å². The minimum absolute atomic E-state index is 0.0553. The van der Waals surface area contributed by atoms with Gasteiger partial charge in [-0.1, -0.05) is 11.3 Å². The Kier molecular flexibility index (Phi) is 4.61. The van der Waals surface area contributed by atoms with E-state index in [4.69, 9.17) is 4.74 Å². The van der Waals surface area contributed by atoms with Gasteiger partial charge in [0.1, 0.15) is 0 Å². The third-order valence-corrected chi connectivity index (χ3v) is 4.01. The number of nitrogens with zero attached hydrogens (tertiary/aromatic N) is 3. The molecule has 2 aromatic heterocycles. The minimum Gasteiger partial charge on any atom is -0.452 e. The molecule has 25 heavy (non-hydrogen) atoms. The van der Waals surface area contributed by atoms with Crippen LogP contribution in [-0.2, 0) is 9.53 Å². The number of pyridine rings is 1. The summed E-state index contributed by atoms with van der Waals surface area (Å²) in [6.45, 7) is -0.475. The van der Waals surface area contributed by atoms with Gasteiger partial charge in [-0.05, 0) is 18.2 Å². The Labute approximate surface area is 144 Å². The molecular weight excluding hydrogens is 348 g/mol. The number of nitro benzene ring substituents is 1. The lowest BCUT2D eigenvalue weighted by molar-refractivity contribution is -0.384. The number of hydrogen-bond acceptors (Lipinski definition) is 8. The Morgan fingerprint density at radius 1 is 1.24 bits per heavy atom. The van der Waals surface area contributed by atoms with Gasteiger partial charge in [0.2, 0.25) is 0 Å². The van der Waals surface area contributed by atoms with E-state index < -0.39 is 23.4 Å². The number of carbonyl (C=O) groups excluding carboxylic acids is 2. The zero-order valence-electron chi connectivity index (χ0n) is 12.5. The average molecular weight is 358 g/mol. The Morgan fingerprint density at radius 2 is 2.00 bits per heavy atom. The number of fused-ring (bicyclic) bond motifs is 1. The van der Waals surface area contributed by atoms with E-state index in [-0.39, 0.29) is 16.4 Å². The highest BCUT2D eigenvalue weighted by Crippen LogP contribution is 2.29. The standard InChI is InChI=1S/C15H10N4O5S/c20-13(8-24-14(21)9-3-5-16-6-4-9)18-15-17-11-2-1-10(19(22)23)7-12(11)25-15/h1-7H,8H2,(H,17,18,20). The number of carbonyl (C=O) groups is 2. The predicted molar refractivity (Wildman–Crippen MR) is 89.4 cm³/mol. The fourth-order valence-electron chi connectivity index (χ4n) is 1.94. The van der Waals surface area contributed by atoms with Crippen molar-refractivity contribution < 1.29 is 19.2 Å². The van der Waals surface area contributed by atoms with E-state index in [1.165, 1.54) is 42.7 Å². The molecular formula is C15H10N4O5S. The van der Waals surface area contributed by atoms with E-state index in [0.717, 1.165) is 11.3 Å². The second-order valence-corrected chi connectivity index (χ2v) is 5.82. The first-order valence-corrected chi connectivity index (χ1v) is 7.76. The molecule has 3 rings (SSSR count). The second-order valence-electron chi connectivity index (χ2n) is 4.79. The zero-order valence-corrected chi connectivity index (χ0v) is 13.4. The highest BCUT2D eigenvalue weighted by atomic mass is 32.1. The third-order valence-electron chi connectivity index (χ3n) is 3.08. The normalized spacial score (nSPS) is 10.4. The zero-order chi connectivity index (χ0) is 17.8. The SMILES string of the molecule is O=C(COC(=O)c1ccncc1)Nc1nc2ccc([N+](=O)[O-])cc2s1. The number of amides is 1. The van der Waals surface area contributed by atoms with Gasteiger partial charge < -0.3 is 4.74 Å². The largest absolute Gasteiger partial charge is 0.452 e. The fourth-order valence-corrected chi connectivity index (χ4v) is 2.85. The molecule has 0 aliphatic heterocycles. The Hall–Kier alpha value is -3.40. The molecule has 0 atom stereocenters. The molecule has 0 saturated heterocycles. The molecule has 1 aromatic carbocycles. The van der Waals surface area contributed by atoms with E-state index >= 15 is 0 Å². The van der Waals surface area contributed by atoms with Gasteiger partial charge in [-0.15, -0.1) is 0 Å². The quantitative estimate of drug-likeness (QED) is 0.422. The molecule has 0 bridgehead atoms. The molecule has 3 aromatic rings. The number of esters is 1. The third kappa shape index (κ3) is 3.93. The Bertz CT molecular complexity index is 957. The number of aromatic nitrogens is 2. The Balaban J connectivity index is 1.62. The van der Waals surface area contributed by atoms with Crippen LogP contribution in [0.5, 0.6) is 0 Å². The topological polar surface area (TPSA) is 124 Å².